The second-order valence-corrected chi connectivity index (χ2v) is 6.62. The molecule has 1 amide bonds. The van der Waals surface area contributed by atoms with Crippen LogP contribution in [0.4, 0.5) is 5.69 Å². The summed E-state index contributed by atoms with van der Waals surface area (Å²) in [6.07, 6.45) is 2.70. The Morgan fingerprint density at radius 1 is 1.10 bits per heavy atom. The fourth-order valence-corrected chi connectivity index (χ4v) is 4.03. The van der Waals surface area contributed by atoms with Crippen LogP contribution in [0.1, 0.15) is 19.3 Å². The van der Waals surface area contributed by atoms with Crippen molar-refractivity contribution in [3.63, 3.8) is 0 Å². The van der Waals surface area contributed by atoms with Gasteiger partial charge in [0.05, 0.1) is 0 Å². The summed E-state index contributed by atoms with van der Waals surface area (Å²) in [6.45, 7) is 0. The third-order valence-electron chi connectivity index (χ3n) is 4.60. The van der Waals surface area contributed by atoms with E-state index in [0.29, 0.717) is 5.69 Å². The zero-order chi connectivity index (χ0) is 14.3. The van der Waals surface area contributed by atoms with Crippen molar-refractivity contribution in [3.8, 4) is 0 Å². The van der Waals surface area contributed by atoms with Gasteiger partial charge in [0.1, 0.15) is 0 Å². The highest BCUT2D eigenvalue weighted by Crippen LogP contribution is 2.52. The number of carbonyl (C=O) groups is 2. The van der Waals surface area contributed by atoms with Gasteiger partial charge in [-0.25, -0.2) is 0 Å². The SMILES string of the molecule is O=C(Nc1ccc(Br)cc1)[C@@H]1[C@H]2CC[C@@H](C2)[C@@H]1C(=O)[O-]. The normalized spacial score (nSPS) is 31.2. The minimum atomic E-state index is -1.08. The van der Waals surface area contributed by atoms with Crippen molar-refractivity contribution in [2.24, 2.45) is 23.7 Å². The van der Waals surface area contributed by atoms with Crippen LogP contribution in [-0.2, 0) is 9.59 Å². The van der Waals surface area contributed by atoms with E-state index >= 15 is 0 Å². The van der Waals surface area contributed by atoms with Crippen LogP contribution < -0.4 is 10.4 Å². The Morgan fingerprint density at radius 3 is 2.30 bits per heavy atom. The molecule has 2 aliphatic rings. The monoisotopic (exact) mass is 336 g/mol. The number of nitrogens with one attached hydrogen (secondary N) is 1. The molecule has 4 nitrogen and oxygen atoms in total. The number of carboxylic acid groups (broad SMARTS) is 1. The maximum atomic E-state index is 12.4. The molecule has 0 aliphatic heterocycles. The van der Waals surface area contributed by atoms with E-state index in [0.717, 1.165) is 23.7 Å². The van der Waals surface area contributed by atoms with E-state index in [1.165, 1.54) is 0 Å². The number of rotatable bonds is 3. The summed E-state index contributed by atoms with van der Waals surface area (Å²) in [7, 11) is 0. The minimum Gasteiger partial charge on any atom is -0.550 e. The van der Waals surface area contributed by atoms with E-state index in [9.17, 15) is 14.7 Å². The fraction of sp³-hybridized carbons (Fsp3) is 0.467. The van der Waals surface area contributed by atoms with Gasteiger partial charge in [-0.2, -0.15) is 0 Å². The number of anilines is 1. The van der Waals surface area contributed by atoms with Crippen LogP contribution in [0.5, 0.6) is 0 Å². The summed E-state index contributed by atoms with van der Waals surface area (Å²) in [6, 6.07) is 7.27. The van der Waals surface area contributed by atoms with Gasteiger partial charge in [0.15, 0.2) is 0 Å². The molecule has 2 bridgehead atoms. The zero-order valence-electron chi connectivity index (χ0n) is 10.8. The third-order valence-corrected chi connectivity index (χ3v) is 5.13. The molecule has 20 heavy (non-hydrogen) atoms. The number of fused-ring (bicyclic) bond motifs is 2. The number of carbonyl (C=O) groups excluding carboxylic acids is 2. The van der Waals surface area contributed by atoms with E-state index in [4.69, 9.17) is 0 Å². The fourth-order valence-electron chi connectivity index (χ4n) is 3.77. The largest absolute Gasteiger partial charge is 0.550 e. The molecule has 2 aliphatic carbocycles. The molecule has 2 saturated carbocycles. The molecule has 3 rings (SSSR count). The van der Waals surface area contributed by atoms with Crippen LogP contribution in [0.3, 0.4) is 0 Å². The summed E-state index contributed by atoms with van der Waals surface area (Å²) in [5.41, 5.74) is 0.693. The standard InChI is InChI=1S/C15H16BrNO3/c16-10-3-5-11(6-4-10)17-14(18)12-8-1-2-9(7-8)13(12)15(19)20/h3-6,8-9,12-13H,1-2,7H2,(H,17,18)(H,19,20)/p-1/t8-,9-,12+,13-/m0/s1. The van der Waals surface area contributed by atoms with Crippen LogP contribution >= 0.6 is 15.9 Å². The first-order chi connectivity index (χ1) is 9.56. The van der Waals surface area contributed by atoms with Crippen LogP contribution in [-0.4, -0.2) is 11.9 Å². The molecule has 0 spiro atoms. The zero-order valence-corrected chi connectivity index (χ0v) is 12.4. The van der Waals surface area contributed by atoms with Gasteiger partial charge in [-0.05, 0) is 55.4 Å². The van der Waals surface area contributed by atoms with Crippen molar-refractivity contribution < 1.29 is 14.7 Å². The second kappa shape index (κ2) is 5.20. The van der Waals surface area contributed by atoms with E-state index in [2.05, 4.69) is 21.2 Å². The minimum absolute atomic E-state index is 0.116. The predicted octanol–water partition coefficient (Wildman–Crippen LogP) is 1.80. The molecule has 0 heterocycles. The number of hydrogen-bond acceptors (Lipinski definition) is 3. The molecule has 4 atom stereocenters. The van der Waals surface area contributed by atoms with Gasteiger partial charge in [0.25, 0.3) is 0 Å². The maximum Gasteiger partial charge on any atom is 0.228 e. The topological polar surface area (TPSA) is 69.2 Å². The average Bonchev–Trinajstić information content (AvgIpc) is 3.01. The van der Waals surface area contributed by atoms with Gasteiger partial charge >= 0.3 is 0 Å². The third kappa shape index (κ3) is 2.35. The summed E-state index contributed by atoms with van der Waals surface area (Å²) in [5, 5.41) is 14.1. The Hall–Kier alpha value is -1.36. The highest BCUT2D eigenvalue weighted by Gasteiger charge is 2.51. The van der Waals surface area contributed by atoms with Crippen LogP contribution in [0.25, 0.3) is 0 Å². The lowest BCUT2D eigenvalue weighted by Crippen LogP contribution is -2.43. The lowest BCUT2D eigenvalue weighted by Gasteiger charge is -2.30. The van der Waals surface area contributed by atoms with Crippen molar-refractivity contribution in [3.05, 3.63) is 28.7 Å². The van der Waals surface area contributed by atoms with Gasteiger partial charge in [-0.1, -0.05) is 15.9 Å². The molecule has 5 heteroatoms. The molecule has 1 aromatic carbocycles. The van der Waals surface area contributed by atoms with Crippen LogP contribution in [0.15, 0.2) is 28.7 Å². The molecular formula is C15H15BrNO3-. The molecule has 1 N–H and O–H groups in total. The van der Waals surface area contributed by atoms with E-state index in [1.807, 2.05) is 12.1 Å². The van der Waals surface area contributed by atoms with E-state index in [1.54, 1.807) is 12.1 Å². The summed E-state index contributed by atoms with van der Waals surface area (Å²) in [4.78, 5) is 23.7. The van der Waals surface area contributed by atoms with Gasteiger partial charge in [-0.15, -0.1) is 0 Å². The molecule has 0 unspecified atom stereocenters. The van der Waals surface area contributed by atoms with Crippen molar-refractivity contribution in [2.45, 2.75) is 19.3 Å². The van der Waals surface area contributed by atoms with E-state index in [-0.39, 0.29) is 17.7 Å². The van der Waals surface area contributed by atoms with Crippen molar-refractivity contribution in [1.82, 2.24) is 0 Å². The van der Waals surface area contributed by atoms with Crippen LogP contribution in [0.2, 0.25) is 0 Å². The summed E-state index contributed by atoms with van der Waals surface area (Å²) >= 11 is 3.33. The Labute approximate surface area is 125 Å². The number of benzene rings is 1. The Balaban J connectivity index is 1.76. The number of hydrogen-bond donors (Lipinski definition) is 1. The number of amides is 1. The number of carboxylic acids is 1. The molecule has 0 radical (unpaired) electrons. The van der Waals surface area contributed by atoms with Gasteiger partial charge in [-0.3, -0.25) is 4.79 Å². The second-order valence-electron chi connectivity index (χ2n) is 5.70. The molecule has 0 aromatic heterocycles. The molecule has 106 valence electrons. The molecule has 0 saturated heterocycles. The molecular weight excluding hydrogens is 322 g/mol. The Kier molecular flexibility index (Phi) is 3.54. The first kappa shape index (κ1) is 13.6. The number of aliphatic carboxylic acids is 1. The maximum absolute atomic E-state index is 12.4. The molecule has 2 fully saturated rings. The number of halogens is 1. The average molecular weight is 337 g/mol. The highest BCUT2D eigenvalue weighted by molar-refractivity contribution is 9.10. The Morgan fingerprint density at radius 2 is 1.70 bits per heavy atom. The van der Waals surface area contributed by atoms with Crippen LogP contribution in [0, 0.1) is 23.7 Å². The molecule has 1 aromatic rings. The first-order valence-corrected chi connectivity index (χ1v) is 7.63. The van der Waals surface area contributed by atoms with Crippen molar-refractivity contribution in [1.29, 1.82) is 0 Å². The predicted molar refractivity (Wildman–Crippen MR) is 75.6 cm³/mol. The van der Waals surface area contributed by atoms with E-state index < -0.39 is 17.8 Å². The summed E-state index contributed by atoms with van der Waals surface area (Å²) < 4.78 is 0.933. The lowest BCUT2D eigenvalue weighted by atomic mass is 9.78. The van der Waals surface area contributed by atoms with Crippen molar-refractivity contribution >= 4 is 33.5 Å². The smallest absolute Gasteiger partial charge is 0.228 e. The first-order valence-electron chi connectivity index (χ1n) is 6.83. The Bertz CT molecular complexity index is 543. The van der Waals surface area contributed by atoms with Gasteiger partial charge < -0.3 is 15.2 Å². The lowest BCUT2D eigenvalue weighted by molar-refractivity contribution is -0.314. The van der Waals surface area contributed by atoms with Gasteiger partial charge in [0.2, 0.25) is 5.91 Å². The summed E-state index contributed by atoms with van der Waals surface area (Å²) in [5.74, 6) is -2.02. The van der Waals surface area contributed by atoms with Crippen molar-refractivity contribution in [2.75, 3.05) is 5.32 Å². The van der Waals surface area contributed by atoms with Gasteiger partial charge in [0, 0.05) is 28.0 Å². The quantitative estimate of drug-likeness (QED) is 0.914. The highest BCUT2D eigenvalue weighted by atomic mass is 79.9.